The summed E-state index contributed by atoms with van der Waals surface area (Å²) in [6.07, 6.45) is 0.448. The van der Waals surface area contributed by atoms with Crippen molar-refractivity contribution in [2.45, 2.75) is 26.2 Å². The summed E-state index contributed by atoms with van der Waals surface area (Å²) < 4.78 is 5.23. The molecular formula is C12H18N2O. The number of nitrogens with one attached hydrogen (secondary N) is 1. The highest BCUT2D eigenvalue weighted by Gasteiger charge is 2.07. The van der Waals surface area contributed by atoms with E-state index in [0.717, 1.165) is 11.3 Å². The van der Waals surface area contributed by atoms with E-state index in [9.17, 15) is 0 Å². The van der Waals surface area contributed by atoms with Gasteiger partial charge in [0.1, 0.15) is 5.75 Å². The van der Waals surface area contributed by atoms with Crippen LogP contribution in [0.1, 0.15) is 30.9 Å². The van der Waals surface area contributed by atoms with Crippen LogP contribution in [0.5, 0.6) is 5.75 Å². The largest absolute Gasteiger partial charge is 0.496 e. The highest BCUT2D eigenvalue weighted by atomic mass is 16.5. The quantitative estimate of drug-likeness (QED) is 0.586. The summed E-state index contributed by atoms with van der Waals surface area (Å²) in [4.78, 5) is 0. The van der Waals surface area contributed by atoms with Crippen molar-refractivity contribution < 1.29 is 4.74 Å². The maximum atomic E-state index is 7.30. The zero-order chi connectivity index (χ0) is 11.4. The molecule has 0 bridgehead atoms. The molecule has 0 fully saturated rings. The molecule has 1 rings (SSSR count). The third-order valence-corrected chi connectivity index (χ3v) is 2.35. The average molecular weight is 206 g/mol. The average Bonchev–Trinajstić information content (AvgIpc) is 2.16. The topological polar surface area (TPSA) is 59.1 Å². The molecule has 15 heavy (non-hydrogen) atoms. The summed E-state index contributed by atoms with van der Waals surface area (Å²) in [7, 11) is 1.63. The molecule has 3 heteroatoms. The summed E-state index contributed by atoms with van der Waals surface area (Å²) >= 11 is 0. The number of amidine groups is 1. The van der Waals surface area contributed by atoms with Crippen molar-refractivity contribution in [3.05, 3.63) is 29.3 Å². The molecule has 1 aromatic rings. The van der Waals surface area contributed by atoms with E-state index in [1.54, 1.807) is 7.11 Å². The normalized spacial score (nSPS) is 10.4. The molecule has 0 aliphatic carbocycles. The maximum Gasteiger partial charge on any atom is 0.122 e. The van der Waals surface area contributed by atoms with Crippen molar-refractivity contribution >= 4 is 5.84 Å². The first kappa shape index (κ1) is 11.6. The molecule has 0 saturated heterocycles. The predicted octanol–water partition coefficient (Wildman–Crippen LogP) is 2.30. The van der Waals surface area contributed by atoms with Crippen molar-refractivity contribution in [1.29, 1.82) is 5.41 Å². The van der Waals surface area contributed by atoms with E-state index < -0.39 is 0 Å². The molecule has 0 radical (unpaired) electrons. The number of benzene rings is 1. The lowest BCUT2D eigenvalue weighted by molar-refractivity contribution is 0.410. The van der Waals surface area contributed by atoms with Crippen LogP contribution in [-0.2, 0) is 6.42 Å². The van der Waals surface area contributed by atoms with Gasteiger partial charge in [-0.05, 0) is 17.5 Å². The number of rotatable bonds is 4. The summed E-state index contributed by atoms with van der Waals surface area (Å²) in [5.74, 6) is 1.44. The molecule has 0 spiro atoms. The van der Waals surface area contributed by atoms with Gasteiger partial charge in [-0.15, -0.1) is 0 Å². The summed E-state index contributed by atoms with van der Waals surface area (Å²) in [5, 5.41) is 7.30. The van der Waals surface area contributed by atoms with Crippen LogP contribution < -0.4 is 10.5 Å². The van der Waals surface area contributed by atoms with Crippen molar-refractivity contribution in [1.82, 2.24) is 0 Å². The second-order valence-electron chi connectivity index (χ2n) is 3.93. The number of methoxy groups -OCH3 is 1. The zero-order valence-electron chi connectivity index (χ0n) is 9.50. The first-order valence-corrected chi connectivity index (χ1v) is 5.04. The molecule has 3 nitrogen and oxygen atoms in total. The number of hydrogen-bond donors (Lipinski definition) is 2. The van der Waals surface area contributed by atoms with E-state index >= 15 is 0 Å². The van der Waals surface area contributed by atoms with Crippen LogP contribution in [0.25, 0.3) is 0 Å². The van der Waals surface area contributed by atoms with E-state index in [2.05, 4.69) is 19.9 Å². The Bertz CT molecular complexity index is 359. The Kier molecular flexibility index (Phi) is 3.72. The molecule has 0 atom stereocenters. The standard InChI is InChI=1S/C12H18N2O/c1-8(2)9-4-5-11(15-3)10(6-9)7-12(13)14/h4-6,8H,7H2,1-3H3,(H3,13,14). The molecule has 0 unspecified atom stereocenters. The third-order valence-electron chi connectivity index (χ3n) is 2.35. The number of hydrogen-bond acceptors (Lipinski definition) is 2. The van der Waals surface area contributed by atoms with Gasteiger partial charge < -0.3 is 10.5 Å². The molecule has 3 N–H and O–H groups in total. The fraction of sp³-hybridized carbons (Fsp3) is 0.417. The molecule has 82 valence electrons. The van der Waals surface area contributed by atoms with Gasteiger partial charge in [-0.2, -0.15) is 0 Å². The fourth-order valence-electron chi connectivity index (χ4n) is 1.50. The molecule has 0 heterocycles. The molecule has 1 aromatic carbocycles. The first-order valence-electron chi connectivity index (χ1n) is 5.04. The summed E-state index contributed by atoms with van der Waals surface area (Å²) in [5.41, 5.74) is 7.63. The molecule has 0 aromatic heterocycles. The van der Waals surface area contributed by atoms with Gasteiger partial charge in [0.2, 0.25) is 0 Å². The lowest BCUT2D eigenvalue weighted by Gasteiger charge is -2.12. The van der Waals surface area contributed by atoms with Gasteiger partial charge in [-0.1, -0.05) is 26.0 Å². The predicted molar refractivity (Wildman–Crippen MR) is 62.7 cm³/mol. The van der Waals surface area contributed by atoms with Gasteiger partial charge >= 0.3 is 0 Å². The Balaban J connectivity index is 3.07. The molecule has 0 aliphatic heterocycles. The molecule has 0 saturated carbocycles. The van der Waals surface area contributed by atoms with Crippen LogP contribution in [0.4, 0.5) is 0 Å². The van der Waals surface area contributed by atoms with Gasteiger partial charge in [0.15, 0.2) is 0 Å². The van der Waals surface area contributed by atoms with Crippen LogP contribution in [0, 0.1) is 5.41 Å². The molecule has 0 aliphatic rings. The Morgan fingerprint density at radius 1 is 1.47 bits per heavy atom. The number of ether oxygens (including phenoxy) is 1. The van der Waals surface area contributed by atoms with E-state index in [4.69, 9.17) is 15.9 Å². The monoisotopic (exact) mass is 206 g/mol. The Morgan fingerprint density at radius 3 is 2.60 bits per heavy atom. The van der Waals surface area contributed by atoms with Crippen LogP contribution in [-0.4, -0.2) is 12.9 Å². The van der Waals surface area contributed by atoms with E-state index in [1.807, 2.05) is 12.1 Å². The second-order valence-corrected chi connectivity index (χ2v) is 3.93. The van der Waals surface area contributed by atoms with Crippen LogP contribution >= 0.6 is 0 Å². The Morgan fingerprint density at radius 2 is 2.13 bits per heavy atom. The van der Waals surface area contributed by atoms with E-state index in [0.29, 0.717) is 12.3 Å². The fourth-order valence-corrected chi connectivity index (χ4v) is 1.50. The van der Waals surface area contributed by atoms with Gasteiger partial charge in [-0.25, -0.2) is 0 Å². The van der Waals surface area contributed by atoms with Crippen molar-refractivity contribution in [3.63, 3.8) is 0 Å². The maximum absolute atomic E-state index is 7.30. The highest BCUT2D eigenvalue weighted by molar-refractivity contribution is 5.80. The number of nitrogens with two attached hydrogens (primary N) is 1. The van der Waals surface area contributed by atoms with Crippen LogP contribution in [0.3, 0.4) is 0 Å². The van der Waals surface area contributed by atoms with Crippen LogP contribution in [0.15, 0.2) is 18.2 Å². The minimum absolute atomic E-state index is 0.161. The minimum Gasteiger partial charge on any atom is -0.496 e. The second kappa shape index (κ2) is 4.82. The molecular weight excluding hydrogens is 188 g/mol. The van der Waals surface area contributed by atoms with Gasteiger partial charge in [0, 0.05) is 12.0 Å². The minimum atomic E-state index is 0.161. The van der Waals surface area contributed by atoms with E-state index in [-0.39, 0.29) is 5.84 Å². The van der Waals surface area contributed by atoms with Gasteiger partial charge in [0.25, 0.3) is 0 Å². The molecule has 0 amide bonds. The van der Waals surface area contributed by atoms with Gasteiger partial charge in [0.05, 0.1) is 12.9 Å². The summed E-state index contributed by atoms with van der Waals surface area (Å²) in [6.45, 7) is 4.28. The van der Waals surface area contributed by atoms with Crippen LogP contribution in [0.2, 0.25) is 0 Å². The van der Waals surface area contributed by atoms with E-state index in [1.165, 1.54) is 5.56 Å². The Hall–Kier alpha value is -1.51. The third kappa shape index (κ3) is 2.98. The lowest BCUT2D eigenvalue weighted by atomic mass is 9.99. The van der Waals surface area contributed by atoms with Crippen molar-refractivity contribution in [2.75, 3.05) is 7.11 Å². The van der Waals surface area contributed by atoms with Crippen molar-refractivity contribution in [2.24, 2.45) is 5.73 Å². The van der Waals surface area contributed by atoms with Crippen molar-refractivity contribution in [3.8, 4) is 5.75 Å². The SMILES string of the molecule is COc1ccc(C(C)C)cc1CC(=N)N. The highest BCUT2D eigenvalue weighted by Crippen LogP contribution is 2.24. The zero-order valence-corrected chi connectivity index (χ0v) is 9.50. The Labute approximate surface area is 90.8 Å². The first-order chi connectivity index (χ1) is 7.04. The lowest BCUT2D eigenvalue weighted by Crippen LogP contribution is -2.13. The smallest absolute Gasteiger partial charge is 0.122 e. The summed E-state index contributed by atoms with van der Waals surface area (Å²) in [6, 6.07) is 6.05. The van der Waals surface area contributed by atoms with Gasteiger partial charge in [-0.3, -0.25) is 5.41 Å².